The van der Waals surface area contributed by atoms with E-state index < -0.39 is 5.69 Å². The average Bonchev–Trinajstić information content (AvgIpc) is 2.36. The van der Waals surface area contributed by atoms with Crippen LogP contribution in [0.1, 0.15) is 22.4 Å². The molecule has 2 aromatic rings. The summed E-state index contributed by atoms with van der Waals surface area (Å²) >= 11 is 0. The van der Waals surface area contributed by atoms with Crippen molar-refractivity contribution in [2.75, 3.05) is 5.73 Å². The van der Waals surface area contributed by atoms with E-state index >= 15 is 0 Å². The Labute approximate surface area is 109 Å². The normalized spacial score (nSPS) is 10.7. The number of nitrogens with one attached hydrogen (secondary N) is 1. The lowest BCUT2D eigenvalue weighted by molar-refractivity contribution is 0.695. The smallest absolute Gasteiger partial charge is 0.328 e. The summed E-state index contributed by atoms with van der Waals surface area (Å²) in [5, 5.41) is 0. The van der Waals surface area contributed by atoms with Gasteiger partial charge in [0.25, 0.3) is 5.56 Å². The zero-order chi connectivity index (χ0) is 14.2. The van der Waals surface area contributed by atoms with Crippen LogP contribution < -0.4 is 17.0 Å². The topological polar surface area (TPSA) is 93.8 Å². The second kappa shape index (κ2) is 4.72. The number of aromatic amines is 1. The third-order valence-corrected chi connectivity index (χ3v) is 3.18. The first kappa shape index (κ1) is 13.1. The van der Waals surface area contributed by atoms with Gasteiger partial charge in [-0.25, -0.2) is 4.79 Å². The summed E-state index contributed by atoms with van der Waals surface area (Å²) in [5.74, 6) is 0. The molecule has 0 aliphatic rings. The lowest BCUT2D eigenvalue weighted by atomic mass is 10.1. The number of pyridine rings is 1. The van der Waals surface area contributed by atoms with Gasteiger partial charge < -0.3 is 5.73 Å². The lowest BCUT2D eigenvalue weighted by Gasteiger charge is -2.11. The molecule has 0 aliphatic carbocycles. The molecule has 0 spiro atoms. The second-order valence-corrected chi connectivity index (χ2v) is 4.63. The van der Waals surface area contributed by atoms with Crippen LogP contribution in [0.4, 0.5) is 5.69 Å². The summed E-state index contributed by atoms with van der Waals surface area (Å²) in [5.41, 5.74) is 8.78. The van der Waals surface area contributed by atoms with Crippen molar-refractivity contribution in [1.29, 1.82) is 0 Å². The summed E-state index contributed by atoms with van der Waals surface area (Å²) in [7, 11) is 0. The van der Waals surface area contributed by atoms with Gasteiger partial charge in [0.2, 0.25) is 0 Å². The molecule has 0 aliphatic heterocycles. The van der Waals surface area contributed by atoms with E-state index in [1.165, 1.54) is 10.8 Å². The Morgan fingerprint density at radius 2 is 1.95 bits per heavy atom. The van der Waals surface area contributed by atoms with Crippen LogP contribution in [0, 0.1) is 20.8 Å². The van der Waals surface area contributed by atoms with Crippen molar-refractivity contribution in [3.05, 3.63) is 55.6 Å². The Balaban J connectivity index is 2.48. The molecule has 0 radical (unpaired) electrons. The number of nitrogen functional groups attached to an aromatic ring is 1. The van der Waals surface area contributed by atoms with E-state index in [1.807, 2.05) is 13.8 Å². The number of nitrogens with two attached hydrogens (primary N) is 1. The Morgan fingerprint density at radius 1 is 1.26 bits per heavy atom. The fraction of sp³-hybridized carbons (Fsp3) is 0.308. The largest absolute Gasteiger partial charge is 0.398 e. The van der Waals surface area contributed by atoms with Crippen molar-refractivity contribution in [3.63, 3.8) is 0 Å². The van der Waals surface area contributed by atoms with Crippen LogP contribution in [0.2, 0.25) is 0 Å². The van der Waals surface area contributed by atoms with Gasteiger partial charge in [0.05, 0.1) is 12.2 Å². The van der Waals surface area contributed by atoms with Gasteiger partial charge in [0.1, 0.15) is 0 Å². The van der Waals surface area contributed by atoms with Crippen LogP contribution in [-0.4, -0.2) is 14.5 Å². The molecule has 0 saturated heterocycles. The first-order chi connectivity index (χ1) is 8.90. The van der Waals surface area contributed by atoms with Crippen LogP contribution in [0.25, 0.3) is 0 Å². The van der Waals surface area contributed by atoms with Crippen molar-refractivity contribution in [1.82, 2.24) is 14.5 Å². The molecule has 2 rings (SSSR count). The number of hydrogen-bond acceptors (Lipinski definition) is 4. The van der Waals surface area contributed by atoms with E-state index in [9.17, 15) is 9.59 Å². The minimum atomic E-state index is -0.448. The van der Waals surface area contributed by atoms with E-state index in [0.717, 1.165) is 16.8 Å². The number of rotatable bonds is 2. The van der Waals surface area contributed by atoms with Gasteiger partial charge in [-0.05, 0) is 31.9 Å². The molecule has 0 aromatic carbocycles. The van der Waals surface area contributed by atoms with Crippen molar-refractivity contribution in [3.8, 4) is 0 Å². The van der Waals surface area contributed by atoms with E-state index in [2.05, 4.69) is 9.97 Å². The molecule has 2 heterocycles. The standard InChI is InChI=1S/C13H16N4O2/c1-7-4-15-10(9(3)11(7)14)6-17-5-8(2)12(18)16-13(17)19/h4-5H,6H2,1-3H3,(H2,14,15)(H,16,18,19). The molecule has 0 fully saturated rings. The number of H-pyrrole nitrogens is 1. The molecule has 2 aromatic heterocycles. The second-order valence-electron chi connectivity index (χ2n) is 4.63. The molecular weight excluding hydrogens is 244 g/mol. The van der Waals surface area contributed by atoms with Gasteiger partial charge in [0, 0.05) is 23.6 Å². The number of nitrogens with zero attached hydrogens (tertiary/aromatic N) is 2. The monoisotopic (exact) mass is 260 g/mol. The van der Waals surface area contributed by atoms with Gasteiger partial charge in [-0.3, -0.25) is 19.3 Å². The van der Waals surface area contributed by atoms with Gasteiger partial charge in [-0.1, -0.05) is 0 Å². The van der Waals surface area contributed by atoms with Crippen molar-refractivity contribution in [2.45, 2.75) is 27.3 Å². The molecule has 6 heteroatoms. The number of aromatic nitrogens is 3. The number of aryl methyl sites for hydroxylation is 2. The van der Waals surface area contributed by atoms with Crippen molar-refractivity contribution < 1.29 is 0 Å². The fourth-order valence-corrected chi connectivity index (χ4v) is 1.85. The number of anilines is 1. The minimum Gasteiger partial charge on any atom is -0.398 e. The van der Waals surface area contributed by atoms with E-state index in [-0.39, 0.29) is 12.1 Å². The maximum Gasteiger partial charge on any atom is 0.328 e. The van der Waals surface area contributed by atoms with Gasteiger partial charge >= 0.3 is 5.69 Å². The zero-order valence-electron chi connectivity index (χ0n) is 11.2. The summed E-state index contributed by atoms with van der Waals surface area (Å²) in [6, 6.07) is 0. The first-order valence-corrected chi connectivity index (χ1v) is 5.91. The fourth-order valence-electron chi connectivity index (χ4n) is 1.85. The Hall–Kier alpha value is -2.37. The lowest BCUT2D eigenvalue weighted by Crippen LogP contribution is -2.31. The molecule has 100 valence electrons. The van der Waals surface area contributed by atoms with Gasteiger partial charge in [-0.2, -0.15) is 0 Å². The van der Waals surface area contributed by atoms with Crippen LogP contribution in [0.5, 0.6) is 0 Å². The summed E-state index contributed by atoms with van der Waals surface area (Å²) in [6.45, 7) is 5.69. The highest BCUT2D eigenvalue weighted by Gasteiger charge is 2.08. The summed E-state index contributed by atoms with van der Waals surface area (Å²) in [6.07, 6.45) is 3.21. The summed E-state index contributed by atoms with van der Waals surface area (Å²) < 4.78 is 1.42. The first-order valence-electron chi connectivity index (χ1n) is 5.91. The third kappa shape index (κ3) is 2.42. The van der Waals surface area contributed by atoms with E-state index in [0.29, 0.717) is 11.3 Å². The molecule has 0 amide bonds. The summed E-state index contributed by atoms with van der Waals surface area (Å²) in [4.78, 5) is 29.6. The molecule has 19 heavy (non-hydrogen) atoms. The van der Waals surface area contributed by atoms with E-state index in [1.54, 1.807) is 13.1 Å². The average molecular weight is 260 g/mol. The van der Waals surface area contributed by atoms with Gasteiger partial charge in [-0.15, -0.1) is 0 Å². The maximum atomic E-state index is 11.7. The highest BCUT2D eigenvalue weighted by Crippen LogP contribution is 2.18. The van der Waals surface area contributed by atoms with Gasteiger partial charge in [0.15, 0.2) is 0 Å². The quantitative estimate of drug-likeness (QED) is 0.821. The maximum absolute atomic E-state index is 11.7. The Morgan fingerprint density at radius 3 is 2.63 bits per heavy atom. The minimum absolute atomic E-state index is 0.284. The van der Waals surface area contributed by atoms with Crippen LogP contribution >= 0.6 is 0 Å². The molecule has 0 unspecified atom stereocenters. The molecule has 6 nitrogen and oxygen atoms in total. The molecule has 0 bridgehead atoms. The van der Waals surface area contributed by atoms with Crippen LogP contribution in [-0.2, 0) is 6.54 Å². The molecule has 0 atom stereocenters. The molecular formula is C13H16N4O2. The third-order valence-electron chi connectivity index (χ3n) is 3.18. The predicted octanol–water partition coefficient (Wildman–Crippen LogP) is 0.487. The van der Waals surface area contributed by atoms with Crippen LogP contribution in [0.3, 0.4) is 0 Å². The SMILES string of the molecule is Cc1cnc(Cn2cc(C)c(=O)[nH]c2=O)c(C)c1N. The number of hydrogen-bond donors (Lipinski definition) is 2. The Bertz CT molecular complexity index is 743. The van der Waals surface area contributed by atoms with Crippen molar-refractivity contribution >= 4 is 5.69 Å². The predicted molar refractivity (Wildman–Crippen MR) is 73.3 cm³/mol. The molecule has 0 saturated carbocycles. The van der Waals surface area contributed by atoms with Crippen LogP contribution in [0.15, 0.2) is 22.0 Å². The van der Waals surface area contributed by atoms with E-state index in [4.69, 9.17) is 5.73 Å². The Kier molecular flexibility index (Phi) is 3.25. The highest BCUT2D eigenvalue weighted by atomic mass is 16.2. The van der Waals surface area contributed by atoms with Crippen molar-refractivity contribution in [2.24, 2.45) is 0 Å². The highest BCUT2D eigenvalue weighted by molar-refractivity contribution is 5.53. The molecule has 3 N–H and O–H groups in total. The zero-order valence-corrected chi connectivity index (χ0v) is 11.2.